The predicted molar refractivity (Wildman–Crippen MR) is 82.8 cm³/mol. The monoisotopic (exact) mass is 301 g/mol. The van der Waals surface area contributed by atoms with Gasteiger partial charge >= 0.3 is 0 Å². The maximum Gasteiger partial charge on any atom is 0.251 e. The van der Waals surface area contributed by atoms with Crippen molar-refractivity contribution >= 4 is 17.6 Å². The molecule has 0 aliphatic carbocycles. The highest BCUT2D eigenvalue weighted by Crippen LogP contribution is 2.13. The Morgan fingerprint density at radius 1 is 1.27 bits per heavy atom. The fourth-order valence-corrected chi connectivity index (χ4v) is 2.08. The lowest BCUT2D eigenvalue weighted by Gasteiger charge is -2.17. The summed E-state index contributed by atoms with van der Waals surface area (Å²) in [7, 11) is 0. The maximum atomic E-state index is 12.0. The Hall–Kier alpha value is -2.63. The Kier molecular flexibility index (Phi) is 4.93. The van der Waals surface area contributed by atoms with E-state index in [1.54, 1.807) is 19.1 Å². The second kappa shape index (κ2) is 6.89. The molecule has 22 heavy (non-hydrogen) atoms. The summed E-state index contributed by atoms with van der Waals surface area (Å²) in [5.74, 6) is 0.765. The van der Waals surface area contributed by atoms with Crippen LogP contribution in [0.2, 0.25) is 0 Å². The predicted octanol–water partition coefficient (Wildman–Crippen LogP) is 2.07. The van der Waals surface area contributed by atoms with E-state index in [9.17, 15) is 9.59 Å². The lowest BCUT2D eigenvalue weighted by atomic mass is 10.1. The molecule has 6 heteroatoms. The molecule has 0 radical (unpaired) electrons. The first-order valence-corrected chi connectivity index (χ1v) is 7.03. The Labute approximate surface area is 129 Å². The zero-order valence-corrected chi connectivity index (χ0v) is 12.9. The van der Waals surface area contributed by atoms with Gasteiger partial charge in [-0.2, -0.15) is 0 Å². The number of rotatable bonds is 5. The number of benzene rings is 1. The second-order valence-electron chi connectivity index (χ2n) is 5.09. The lowest BCUT2D eigenvalue weighted by molar-refractivity contribution is -0.116. The summed E-state index contributed by atoms with van der Waals surface area (Å²) < 4.78 is 4.97. The Balaban J connectivity index is 1.93. The van der Waals surface area contributed by atoms with Gasteiger partial charge in [-0.15, -0.1) is 0 Å². The van der Waals surface area contributed by atoms with Crippen molar-refractivity contribution < 1.29 is 14.1 Å². The number of anilines is 1. The van der Waals surface area contributed by atoms with E-state index in [1.807, 2.05) is 25.1 Å². The summed E-state index contributed by atoms with van der Waals surface area (Å²) in [6, 6.07) is 9.03. The van der Waals surface area contributed by atoms with E-state index in [-0.39, 0.29) is 11.8 Å². The van der Waals surface area contributed by atoms with E-state index in [0.717, 1.165) is 5.56 Å². The van der Waals surface area contributed by atoms with Crippen molar-refractivity contribution in [3.63, 3.8) is 0 Å². The molecule has 0 aliphatic heterocycles. The van der Waals surface area contributed by atoms with Crippen LogP contribution in [0, 0.1) is 13.8 Å². The first-order valence-electron chi connectivity index (χ1n) is 7.03. The van der Waals surface area contributed by atoms with Crippen LogP contribution in [0.15, 0.2) is 34.9 Å². The number of aryl methyl sites for hydroxylation is 2. The highest BCUT2D eigenvalue weighted by molar-refractivity contribution is 5.94. The topological polar surface area (TPSA) is 75.4 Å². The maximum absolute atomic E-state index is 12.0. The summed E-state index contributed by atoms with van der Waals surface area (Å²) in [5.41, 5.74) is 1.63. The van der Waals surface area contributed by atoms with Crippen molar-refractivity contribution in [1.82, 2.24) is 10.5 Å². The lowest BCUT2D eigenvalue weighted by Crippen LogP contribution is -2.37. The molecule has 0 unspecified atom stereocenters. The average Bonchev–Trinajstić information content (AvgIpc) is 2.89. The van der Waals surface area contributed by atoms with Gasteiger partial charge in [-0.05, 0) is 26.0 Å². The molecular formula is C16H19N3O3. The highest BCUT2D eigenvalue weighted by atomic mass is 16.5. The molecule has 1 heterocycles. The van der Waals surface area contributed by atoms with Crippen LogP contribution in [0.3, 0.4) is 0 Å². The molecule has 1 N–H and O–H groups in total. The fourth-order valence-electron chi connectivity index (χ4n) is 2.08. The molecular weight excluding hydrogens is 282 g/mol. The summed E-state index contributed by atoms with van der Waals surface area (Å²) in [6.07, 6.45) is 0. The average molecular weight is 301 g/mol. The zero-order chi connectivity index (χ0) is 16.1. The van der Waals surface area contributed by atoms with Gasteiger partial charge in [0.15, 0.2) is 5.82 Å². The third-order valence-corrected chi connectivity index (χ3v) is 3.17. The number of carbonyl (C=O) groups is 2. The molecule has 2 rings (SSSR count). The molecule has 0 spiro atoms. The van der Waals surface area contributed by atoms with Crippen LogP contribution in [-0.2, 0) is 4.79 Å². The number of hydrogen-bond donors (Lipinski definition) is 1. The van der Waals surface area contributed by atoms with Crippen molar-refractivity contribution in [1.29, 1.82) is 0 Å². The Morgan fingerprint density at radius 3 is 2.64 bits per heavy atom. The van der Waals surface area contributed by atoms with Crippen molar-refractivity contribution in [2.75, 3.05) is 18.0 Å². The number of aromatic nitrogens is 1. The zero-order valence-electron chi connectivity index (χ0n) is 12.9. The van der Waals surface area contributed by atoms with Gasteiger partial charge in [0, 0.05) is 31.6 Å². The minimum Gasteiger partial charge on any atom is -0.360 e. The molecule has 6 nitrogen and oxygen atoms in total. The van der Waals surface area contributed by atoms with Crippen LogP contribution in [0.5, 0.6) is 0 Å². The van der Waals surface area contributed by atoms with Crippen molar-refractivity contribution in [3.8, 4) is 0 Å². The van der Waals surface area contributed by atoms with E-state index in [2.05, 4.69) is 10.5 Å². The first-order chi connectivity index (χ1) is 10.5. The summed E-state index contributed by atoms with van der Waals surface area (Å²) >= 11 is 0. The molecule has 0 bridgehead atoms. The van der Waals surface area contributed by atoms with Crippen LogP contribution in [0.25, 0.3) is 0 Å². The van der Waals surface area contributed by atoms with Crippen LogP contribution in [-0.4, -0.2) is 30.1 Å². The van der Waals surface area contributed by atoms with Crippen LogP contribution in [0.4, 0.5) is 5.82 Å². The molecule has 0 fully saturated rings. The van der Waals surface area contributed by atoms with Gasteiger partial charge in [-0.1, -0.05) is 22.9 Å². The smallest absolute Gasteiger partial charge is 0.251 e. The normalized spacial score (nSPS) is 10.3. The molecule has 0 saturated carbocycles. The van der Waals surface area contributed by atoms with Crippen molar-refractivity contribution in [3.05, 3.63) is 47.2 Å². The van der Waals surface area contributed by atoms with Crippen LogP contribution < -0.4 is 10.2 Å². The van der Waals surface area contributed by atoms with Crippen molar-refractivity contribution in [2.45, 2.75) is 20.8 Å². The molecule has 2 aromatic rings. The quantitative estimate of drug-likeness (QED) is 0.917. The third kappa shape index (κ3) is 3.94. The largest absolute Gasteiger partial charge is 0.360 e. The van der Waals surface area contributed by atoms with E-state index in [1.165, 1.54) is 11.8 Å². The minimum absolute atomic E-state index is 0.155. The molecule has 2 amide bonds. The van der Waals surface area contributed by atoms with E-state index in [4.69, 9.17) is 4.52 Å². The number of hydrogen-bond acceptors (Lipinski definition) is 4. The van der Waals surface area contributed by atoms with Gasteiger partial charge in [0.2, 0.25) is 5.91 Å². The van der Waals surface area contributed by atoms with E-state index in [0.29, 0.717) is 30.2 Å². The molecule has 1 aromatic carbocycles. The minimum atomic E-state index is -0.163. The van der Waals surface area contributed by atoms with Gasteiger partial charge in [0.05, 0.1) is 0 Å². The van der Waals surface area contributed by atoms with Gasteiger partial charge in [-0.3, -0.25) is 14.5 Å². The van der Waals surface area contributed by atoms with Gasteiger partial charge < -0.3 is 9.84 Å². The second-order valence-corrected chi connectivity index (χ2v) is 5.09. The molecule has 116 valence electrons. The molecule has 0 aliphatic rings. The number of nitrogens with zero attached hydrogens (tertiary/aromatic N) is 2. The van der Waals surface area contributed by atoms with Gasteiger partial charge in [0.25, 0.3) is 5.91 Å². The summed E-state index contributed by atoms with van der Waals surface area (Å²) in [4.78, 5) is 25.2. The van der Waals surface area contributed by atoms with Gasteiger partial charge in [-0.25, -0.2) is 0 Å². The van der Waals surface area contributed by atoms with Crippen molar-refractivity contribution in [2.24, 2.45) is 0 Å². The highest BCUT2D eigenvalue weighted by Gasteiger charge is 2.15. The summed E-state index contributed by atoms with van der Waals surface area (Å²) in [5, 5.41) is 6.62. The summed E-state index contributed by atoms with van der Waals surface area (Å²) in [6.45, 7) is 5.80. The van der Waals surface area contributed by atoms with Crippen LogP contribution >= 0.6 is 0 Å². The number of nitrogens with one attached hydrogen (secondary N) is 1. The first kappa shape index (κ1) is 15.8. The van der Waals surface area contributed by atoms with Gasteiger partial charge in [0.1, 0.15) is 5.76 Å². The SMILES string of the molecule is CC(=O)N(CCNC(=O)c1cccc(C)c1)c1cc(C)on1. The Morgan fingerprint density at radius 2 is 2.05 bits per heavy atom. The molecule has 1 aromatic heterocycles. The Bertz CT molecular complexity index is 679. The molecule has 0 atom stereocenters. The number of carbonyl (C=O) groups excluding carboxylic acids is 2. The fraction of sp³-hybridized carbons (Fsp3) is 0.312. The van der Waals surface area contributed by atoms with Crippen LogP contribution in [0.1, 0.15) is 28.6 Å². The van der Waals surface area contributed by atoms with E-state index < -0.39 is 0 Å². The molecule has 0 saturated heterocycles. The standard InChI is InChI=1S/C16H19N3O3/c1-11-5-4-6-14(9-11)16(21)17-7-8-19(13(3)20)15-10-12(2)22-18-15/h4-6,9-10H,7-8H2,1-3H3,(H,17,21). The third-order valence-electron chi connectivity index (χ3n) is 3.17. The van der Waals surface area contributed by atoms with E-state index >= 15 is 0 Å². The number of amides is 2.